The molecule has 2 bridgehead atoms. The number of pyridine rings is 1. The minimum Gasteiger partial charge on any atom is -0.368 e. The first-order valence-electron chi connectivity index (χ1n) is 7.58. The second kappa shape index (κ2) is 5.32. The number of nitrogens with zero attached hydrogens (tertiary/aromatic N) is 2. The molecule has 2 saturated heterocycles. The number of aromatic nitrogens is 1. The summed E-state index contributed by atoms with van der Waals surface area (Å²) in [5.74, 6) is -0.451. The number of benzene rings is 1. The maximum absolute atomic E-state index is 14.0. The third-order valence-electron chi connectivity index (χ3n) is 4.56. The molecule has 4 rings (SSSR count). The number of fused-ring (bicyclic) bond motifs is 2. The Morgan fingerprint density at radius 3 is 2.86 bits per heavy atom. The van der Waals surface area contributed by atoms with Gasteiger partial charge in [-0.25, -0.2) is 8.78 Å². The average molecular weight is 301 g/mol. The summed E-state index contributed by atoms with van der Waals surface area (Å²) in [7, 11) is 0. The predicted octanol–water partition coefficient (Wildman–Crippen LogP) is 2.82. The van der Waals surface area contributed by atoms with Crippen LogP contribution in [0.2, 0.25) is 0 Å². The van der Waals surface area contributed by atoms with Crippen molar-refractivity contribution in [1.82, 2.24) is 10.3 Å². The summed E-state index contributed by atoms with van der Waals surface area (Å²) in [5, 5.41) is 3.52. The van der Waals surface area contributed by atoms with Crippen molar-refractivity contribution < 1.29 is 8.78 Å². The molecule has 0 saturated carbocycles. The Kier molecular flexibility index (Phi) is 3.30. The van der Waals surface area contributed by atoms with E-state index in [1.54, 1.807) is 6.20 Å². The van der Waals surface area contributed by atoms with Crippen molar-refractivity contribution in [3.63, 3.8) is 0 Å². The van der Waals surface area contributed by atoms with Gasteiger partial charge in [0.05, 0.1) is 11.9 Å². The molecule has 2 aliphatic heterocycles. The molecule has 2 aliphatic rings. The number of anilines is 1. The van der Waals surface area contributed by atoms with Gasteiger partial charge in [0.15, 0.2) is 0 Å². The van der Waals surface area contributed by atoms with Crippen LogP contribution in [0, 0.1) is 17.6 Å². The largest absolute Gasteiger partial charge is 0.368 e. The smallest absolute Gasteiger partial charge is 0.133 e. The molecule has 2 fully saturated rings. The molecular formula is C17H17F2N3. The molecule has 114 valence electrons. The zero-order valence-electron chi connectivity index (χ0n) is 12.1. The van der Waals surface area contributed by atoms with E-state index < -0.39 is 11.6 Å². The monoisotopic (exact) mass is 301 g/mol. The van der Waals surface area contributed by atoms with Gasteiger partial charge in [-0.15, -0.1) is 0 Å². The van der Waals surface area contributed by atoms with Gasteiger partial charge in [0, 0.05) is 49.1 Å². The summed E-state index contributed by atoms with van der Waals surface area (Å²) in [5.41, 5.74) is 2.06. The summed E-state index contributed by atoms with van der Waals surface area (Å²) in [6.45, 7) is 3.02. The van der Waals surface area contributed by atoms with E-state index in [9.17, 15) is 8.78 Å². The first-order chi connectivity index (χ1) is 10.7. The van der Waals surface area contributed by atoms with Crippen molar-refractivity contribution in [2.75, 3.05) is 24.5 Å². The SMILES string of the molecule is Fc1ccc(-c2cncc(N3C[C@H]4CN[C@H](C4)C3)c2)c(F)c1. The van der Waals surface area contributed by atoms with Crippen LogP contribution < -0.4 is 10.2 Å². The van der Waals surface area contributed by atoms with E-state index in [1.165, 1.54) is 18.6 Å². The Bertz CT molecular complexity index is 692. The molecule has 5 heteroatoms. The van der Waals surface area contributed by atoms with Gasteiger partial charge in [-0.2, -0.15) is 0 Å². The van der Waals surface area contributed by atoms with Gasteiger partial charge in [0.1, 0.15) is 11.6 Å². The Hall–Kier alpha value is -2.01. The molecule has 0 spiro atoms. The van der Waals surface area contributed by atoms with Crippen LogP contribution in [0.5, 0.6) is 0 Å². The first kappa shape index (κ1) is 13.6. The maximum Gasteiger partial charge on any atom is 0.133 e. The highest BCUT2D eigenvalue weighted by molar-refractivity contribution is 5.67. The minimum absolute atomic E-state index is 0.383. The van der Waals surface area contributed by atoms with E-state index in [4.69, 9.17) is 0 Å². The van der Waals surface area contributed by atoms with Crippen molar-refractivity contribution in [1.29, 1.82) is 0 Å². The lowest BCUT2D eigenvalue weighted by molar-refractivity contribution is 0.474. The number of hydrogen-bond acceptors (Lipinski definition) is 3. The van der Waals surface area contributed by atoms with Crippen molar-refractivity contribution in [2.24, 2.45) is 5.92 Å². The van der Waals surface area contributed by atoms with Crippen LogP contribution in [0.3, 0.4) is 0 Å². The van der Waals surface area contributed by atoms with Crippen LogP contribution in [0.4, 0.5) is 14.5 Å². The second-order valence-corrected chi connectivity index (χ2v) is 6.17. The van der Waals surface area contributed by atoms with Gasteiger partial charge in [-0.1, -0.05) is 0 Å². The summed E-state index contributed by atoms with van der Waals surface area (Å²) in [4.78, 5) is 6.55. The number of hydrogen-bond donors (Lipinski definition) is 1. The van der Waals surface area contributed by atoms with E-state index in [-0.39, 0.29) is 0 Å². The number of piperidine rings is 1. The highest BCUT2D eigenvalue weighted by atomic mass is 19.1. The first-order valence-corrected chi connectivity index (χ1v) is 7.58. The predicted molar refractivity (Wildman–Crippen MR) is 81.7 cm³/mol. The number of nitrogens with one attached hydrogen (secondary N) is 1. The fourth-order valence-corrected chi connectivity index (χ4v) is 3.52. The van der Waals surface area contributed by atoms with Crippen molar-refractivity contribution in [2.45, 2.75) is 12.5 Å². The zero-order valence-corrected chi connectivity index (χ0v) is 12.1. The molecule has 0 amide bonds. The zero-order chi connectivity index (χ0) is 15.1. The Labute approximate surface area is 128 Å². The second-order valence-electron chi connectivity index (χ2n) is 6.17. The molecule has 3 nitrogen and oxygen atoms in total. The third kappa shape index (κ3) is 2.46. The third-order valence-corrected chi connectivity index (χ3v) is 4.56. The number of rotatable bonds is 2. The van der Waals surface area contributed by atoms with Crippen LogP contribution in [0.1, 0.15) is 6.42 Å². The molecule has 0 radical (unpaired) electrons. The summed E-state index contributed by atoms with van der Waals surface area (Å²) >= 11 is 0. The van der Waals surface area contributed by atoms with Gasteiger partial charge in [-0.05, 0) is 30.5 Å². The van der Waals surface area contributed by atoms with Gasteiger partial charge < -0.3 is 10.2 Å². The van der Waals surface area contributed by atoms with E-state index in [1.807, 2.05) is 12.3 Å². The average Bonchev–Trinajstić information content (AvgIpc) is 2.86. The minimum atomic E-state index is -0.566. The normalized spacial score (nSPS) is 23.8. The van der Waals surface area contributed by atoms with Gasteiger partial charge >= 0.3 is 0 Å². The van der Waals surface area contributed by atoms with Crippen molar-refractivity contribution >= 4 is 5.69 Å². The Balaban J connectivity index is 1.65. The van der Waals surface area contributed by atoms with E-state index in [0.717, 1.165) is 31.4 Å². The van der Waals surface area contributed by atoms with Crippen LogP contribution >= 0.6 is 0 Å². The fraction of sp³-hybridized carbons (Fsp3) is 0.353. The van der Waals surface area contributed by atoms with E-state index >= 15 is 0 Å². The topological polar surface area (TPSA) is 28.2 Å². The van der Waals surface area contributed by atoms with E-state index in [0.29, 0.717) is 23.1 Å². The summed E-state index contributed by atoms with van der Waals surface area (Å²) in [6.07, 6.45) is 4.67. The molecule has 0 aliphatic carbocycles. The fourth-order valence-electron chi connectivity index (χ4n) is 3.52. The van der Waals surface area contributed by atoms with Crippen LogP contribution in [-0.4, -0.2) is 30.7 Å². The van der Waals surface area contributed by atoms with Crippen molar-refractivity contribution in [3.8, 4) is 11.1 Å². The molecule has 0 unspecified atom stereocenters. The lowest BCUT2D eigenvalue weighted by atomic mass is 9.99. The maximum atomic E-state index is 14.0. The quantitative estimate of drug-likeness (QED) is 0.924. The molecule has 22 heavy (non-hydrogen) atoms. The highest BCUT2D eigenvalue weighted by Gasteiger charge is 2.32. The Morgan fingerprint density at radius 2 is 2.05 bits per heavy atom. The van der Waals surface area contributed by atoms with Gasteiger partial charge in [0.25, 0.3) is 0 Å². The highest BCUT2D eigenvalue weighted by Crippen LogP contribution is 2.30. The van der Waals surface area contributed by atoms with Gasteiger partial charge in [0.2, 0.25) is 0 Å². The van der Waals surface area contributed by atoms with Gasteiger partial charge in [-0.3, -0.25) is 4.98 Å². The molecule has 1 N–H and O–H groups in total. The lowest BCUT2D eigenvalue weighted by Crippen LogP contribution is -2.41. The Morgan fingerprint density at radius 1 is 1.14 bits per heavy atom. The van der Waals surface area contributed by atoms with E-state index in [2.05, 4.69) is 15.2 Å². The summed E-state index contributed by atoms with van der Waals surface area (Å²) in [6, 6.07) is 6.12. The van der Waals surface area contributed by atoms with Crippen molar-refractivity contribution in [3.05, 3.63) is 48.3 Å². The standard InChI is InChI=1S/C17H17F2N3/c18-13-1-2-16(17(19)5-13)12-4-15(8-20-7-12)22-9-11-3-14(10-22)21-6-11/h1-2,4-5,7-8,11,14,21H,3,6,9-10H2/t11-,14-/m1/s1. The molecule has 1 aromatic carbocycles. The van der Waals surface area contributed by atoms with Crippen LogP contribution in [-0.2, 0) is 0 Å². The molecule has 2 aromatic rings. The summed E-state index contributed by atoms with van der Waals surface area (Å²) < 4.78 is 27.0. The van der Waals surface area contributed by atoms with Crippen LogP contribution in [0.15, 0.2) is 36.7 Å². The van der Waals surface area contributed by atoms with Crippen LogP contribution in [0.25, 0.3) is 11.1 Å². The molecular weight excluding hydrogens is 284 g/mol. The molecule has 2 atom stereocenters. The number of halogens is 2. The molecule has 1 aromatic heterocycles. The molecule has 3 heterocycles. The lowest BCUT2D eigenvalue weighted by Gasteiger charge is -2.32.